The number of benzene rings is 1. The van der Waals surface area contributed by atoms with Crippen LogP contribution in [0.3, 0.4) is 0 Å². The molecule has 1 aromatic rings. The van der Waals surface area contributed by atoms with Crippen LogP contribution in [-0.4, -0.2) is 24.5 Å². The Morgan fingerprint density at radius 3 is 2.44 bits per heavy atom. The number of ether oxygens (including phenoxy) is 1. The molecule has 0 aromatic heterocycles. The van der Waals surface area contributed by atoms with E-state index in [4.69, 9.17) is 10.5 Å². The summed E-state index contributed by atoms with van der Waals surface area (Å²) in [5, 5.41) is 2.72. The third-order valence-electron chi connectivity index (χ3n) is 2.16. The van der Waals surface area contributed by atoms with E-state index in [0.29, 0.717) is 11.3 Å². The van der Waals surface area contributed by atoms with Gasteiger partial charge < -0.3 is 15.8 Å². The summed E-state index contributed by atoms with van der Waals surface area (Å²) >= 11 is 0. The number of nitrogen functional groups attached to an aromatic ring is 1. The van der Waals surface area contributed by atoms with Crippen molar-refractivity contribution in [2.24, 2.45) is 0 Å². The Morgan fingerprint density at radius 2 is 1.89 bits per heavy atom. The Kier molecular flexibility index (Phi) is 5.17. The Bertz CT molecular complexity index is 413. The SMILES string of the molecule is CC(C)NC(=O)CCOC(=O)c1ccc(N)cc1. The first kappa shape index (κ1) is 14.0. The van der Waals surface area contributed by atoms with Gasteiger partial charge in [-0.25, -0.2) is 4.79 Å². The predicted octanol–water partition coefficient (Wildman–Crippen LogP) is 1.34. The van der Waals surface area contributed by atoms with Gasteiger partial charge in [0.15, 0.2) is 0 Å². The van der Waals surface area contributed by atoms with Crippen LogP contribution in [0.15, 0.2) is 24.3 Å². The fraction of sp³-hybridized carbons (Fsp3) is 0.385. The first-order chi connectivity index (χ1) is 8.49. The summed E-state index contributed by atoms with van der Waals surface area (Å²) in [7, 11) is 0. The van der Waals surface area contributed by atoms with Crippen molar-refractivity contribution in [3.8, 4) is 0 Å². The van der Waals surface area contributed by atoms with Crippen molar-refractivity contribution in [3.63, 3.8) is 0 Å². The Balaban J connectivity index is 2.33. The van der Waals surface area contributed by atoms with Crippen LogP contribution in [0.25, 0.3) is 0 Å². The fourth-order valence-electron chi connectivity index (χ4n) is 1.33. The molecule has 1 rings (SSSR count). The van der Waals surface area contributed by atoms with E-state index in [1.165, 1.54) is 0 Å². The van der Waals surface area contributed by atoms with Crippen molar-refractivity contribution in [1.82, 2.24) is 5.32 Å². The zero-order valence-electron chi connectivity index (χ0n) is 10.6. The minimum Gasteiger partial charge on any atom is -0.462 e. The monoisotopic (exact) mass is 250 g/mol. The molecule has 0 spiro atoms. The molecule has 18 heavy (non-hydrogen) atoms. The molecule has 0 aliphatic heterocycles. The van der Waals surface area contributed by atoms with Crippen molar-refractivity contribution in [2.75, 3.05) is 12.3 Å². The van der Waals surface area contributed by atoms with Crippen LogP contribution in [0.1, 0.15) is 30.6 Å². The van der Waals surface area contributed by atoms with Crippen molar-refractivity contribution >= 4 is 17.6 Å². The smallest absolute Gasteiger partial charge is 0.338 e. The number of anilines is 1. The summed E-state index contributed by atoms with van der Waals surface area (Å²) in [6.07, 6.45) is 0.166. The number of nitrogens with two attached hydrogens (primary N) is 1. The zero-order valence-corrected chi connectivity index (χ0v) is 10.6. The number of carbonyl (C=O) groups is 2. The number of amides is 1. The molecule has 0 aliphatic rings. The molecule has 1 amide bonds. The molecule has 0 atom stereocenters. The van der Waals surface area contributed by atoms with E-state index >= 15 is 0 Å². The van der Waals surface area contributed by atoms with Gasteiger partial charge in [0.1, 0.15) is 6.61 Å². The Labute approximate surface area is 106 Å². The molecule has 0 bridgehead atoms. The quantitative estimate of drug-likeness (QED) is 0.610. The predicted molar refractivity (Wildman–Crippen MR) is 69.0 cm³/mol. The Hall–Kier alpha value is -2.04. The molecule has 5 heteroatoms. The van der Waals surface area contributed by atoms with E-state index in [1.807, 2.05) is 13.8 Å². The zero-order chi connectivity index (χ0) is 13.5. The molecule has 0 heterocycles. The molecule has 0 aliphatic carbocycles. The highest BCUT2D eigenvalue weighted by molar-refractivity contribution is 5.90. The van der Waals surface area contributed by atoms with Crippen LogP contribution in [-0.2, 0) is 9.53 Å². The first-order valence-electron chi connectivity index (χ1n) is 5.81. The second kappa shape index (κ2) is 6.64. The number of hydrogen-bond donors (Lipinski definition) is 2. The second-order valence-corrected chi connectivity index (χ2v) is 4.23. The summed E-state index contributed by atoms with van der Waals surface area (Å²) in [6.45, 7) is 3.82. The third kappa shape index (κ3) is 4.86. The molecule has 0 saturated heterocycles. The van der Waals surface area contributed by atoms with Gasteiger partial charge in [0.05, 0.1) is 12.0 Å². The average molecular weight is 250 g/mol. The number of nitrogens with one attached hydrogen (secondary N) is 1. The van der Waals surface area contributed by atoms with Crippen LogP contribution in [0, 0.1) is 0 Å². The van der Waals surface area contributed by atoms with Gasteiger partial charge in [-0.15, -0.1) is 0 Å². The molecule has 3 N–H and O–H groups in total. The molecule has 0 fully saturated rings. The summed E-state index contributed by atoms with van der Waals surface area (Å²) < 4.78 is 4.98. The average Bonchev–Trinajstić information content (AvgIpc) is 2.28. The van der Waals surface area contributed by atoms with Gasteiger partial charge in [0.25, 0.3) is 0 Å². The fourth-order valence-corrected chi connectivity index (χ4v) is 1.33. The lowest BCUT2D eigenvalue weighted by Crippen LogP contribution is -2.31. The minimum atomic E-state index is -0.452. The van der Waals surface area contributed by atoms with Crippen molar-refractivity contribution < 1.29 is 14.3 Å². The molecular formula is C13H18N2O3. The molecular weight excluding hydrogens is 232 g/mol. The lowest BCUT2D eigenvalue weighted by Gasteiger charge is -2.08. The van der Waals surface area contributed by atoms with E-state index in [-0.39, 0.29) is 25.0 Å². The van der Waals surface area contributed by atoms with Gasteiger partial charge >= 0.3 is 5.97 Å². The van der Waals surface area contributed by atoms with E-state index < -0.39 is 5.97 Å². The molecule has 0 saturated carbocycles. The Morgan fingerprint density at radius 1 is 1.28 bits per heavy atom. The van der Waals surface area contributed by atoms with E-state index in [2.05, 4.69) is 5.32 Å². The highest BCUT2D eigenvalue weighted by atomic mass is 16.5. The second-order valence-electron chi connectivity index (χ2n) is 4.23. The third-order valence-corrected chi connectivity index (χ3v) is 2.16. The summed E-state index contributed by atoms with van der Waals surface area (Å²) in [5.74, 6) is -0.581. The van der Waals surface area contributed by atoms with Gasteiger partial charge in [-0.2, -0.15) is 0 Å². The van der Waals surface area contributed by atoms with Gasteiger partial charge in [-0.1, -0.05) is 0 Å². The normalized spacial score (nSPS) is 10.2. The van der Waals surface area contributed by atoms with E-state index in [1.54, 1.807) is 24.3 Å². The van der Waals surface area contributed by atoms with Gasteiger partial charge in [0, 0.05) is 11.7 Å². The van der Waals surface area contributed by atoms with Crippen molar-refractivity contribution in [2.45, 2.75) is 26.3 Å². The largest absolute Gasteiger partial charge is 0.462 e. The molecule has 1 aromatic carbocycles. The highest BCUT2D eigenvalue weighted by Gasteiger charge is 2.08. The van der Waals surface area contributed by atoms with E-state index in [0.717, 1.165) is 0 Å². The van der Waals surface area contributed by atoms with Crippen LogP contribution in [0.2, 0.25) is 0 Å². The summed E-state index contributed by atoms with van der Waals surface area (Å²) in [5.41, 5.74) is 6.52. The maximum Gasteiger partial charge on any atom is 0.338 e. The van der Waals surface area contributed by atoms with Crippen LogP contribution < -0.4 is 11.1 Å². The van der Waals surface area contributed by atoms with Gasteiger partial charge in [-0.3, -0.25) is 4.79 Å². The number of esters is 1. The van der Waals surface area contributed by atoms with E-state index in [9.17, 15) is 9.59 Å². The van der Waals surface area contributed by atoms with Crippen LogP contribution >= 0.6 is 0 Å². The summed E-state index contributed by atoms with van der Waals surface area (Å²) in [6, 6.07) is 6.52. The molecule has 98 valence electrons. The number of carbonyl (C=O) groups excluding carboxylic acids is 2. The van der Waals surface area contributed by atoms with Gasteiger partial charge in [-0.05, 0) is 38.1 Å². The maximum absolute atomic E-state index is 11.6. The highest BCUT2D eigenvalue weighted by Crippen LogP contribution is 2.06. The standard InChI is InChI=1S/C13H18N2O3/c1-9(2)15-12(16)7-8-18-13(17)10-3-5-11(14)6-4-10/h3-6,9H,7-8,14H2,1-2H3,(H,15,16). The molecule has 5 nitrogen and oxygen atoms in total. The molecule has 0 unspecified atom stereocenters. The van der Waals surface area contributed by atoms with Gasteiger partial charge in [0.2, 0.25) is 5.91 Å². The first-order valence-corrected chi connectivity index (χ1v) is 5.81. The molecule has 0 radical (unpaired) electrons. The van der Waals surface area contributed by atoms with Crippen LogP contribution in [0.5, 0.6) is 0 Å². The maximum atomic E-state index is 11.6. The van der Waals surface area contributed by atoms with Crippen molar-refractivity contribution in [1.29, 1.82) is 0 Å². The topological polar surface area (TPSA) is 81.4 Å². The number of rotatable bonds is 5. The van der Waals surface area contributed by atoms with Crippen molar-refractivity contribution in [3.05, 3.63) is 29.8 Å². The minimum absolute atomic E-state index is 0.0712. The summed E-state index contributed by atoms with van der Waals surface area (Å²) in [4.78, 5) is 22.9. The lowest BCUT2D eigenvalue weighted by atomic mass is 10.2. The lowest BCUT2D eigenvalue weighted by molar-refractivity contribution is -0.122. The van der Waals surface area contributed by atoms with Crippen LogP contribution in [0.4, 0.5) is 5.69 Å². The number of hydrogen-bond acceptors (Lipinski definition) is 4.